The van der Waals surface area contributed by atoms with Crippen molar-refractivity contribution in [2.24, 2.45) is 7.05 Å². The van der Waals surface area contributed by atoms with Gasteiger partial charge in [0.1, 0.15) is 11.5 Å². The lowest BCUT2D eigenvalue weighted by Crippen LogP contribution is -2.24. The van der Waals surface area contributed by atoms with Crippen molar-refractivity contribution in [3.05, 3.63) is 65.9 Å². The van der Waals surface area contributed by atoms with E-state index in [0.29, 0.717) is 12.2 Å². The van der Waals surface area contributed by atoms with E-state index in [9.17, 15) is 9.18 Å². The van der Waals surface area contributed by atoms with Crippen molar-refractivity contribution in [2.75, 3.05) is 0 Å². The van der Waals surface area contributed by atoms with Crippen LogP contribution in [0.2, 0.25) is 0 Å². The highest BCUT2D eigenvalue weighted by atomic mass is 19.1. The number of fused-ring (bicyclic) bond motifs is 1. The molecule has 2 heterocycles. The molecule has 0 radical (unpaired) electrons. The molecule has 0 bridgehead atoms. The lowest BCUT2D eigenvalue weighted by atomic mass is 10.2. The van der Waals surface area contributed by atoms with Gasteiger partial charge in [-0.15, -0.1) is 0 Å². The van der Waals surface area contributed by atoms with Crippen molar-refractivity contribution in [3.63, 3.8) is 0 Å². The van der Waals surface area contributed by atoms with Crippen LogP contribution in [0.15, 0.2) is 48.8 Å². The van der Waals surface area contributed by atoms with Gasteiger partial charge in [0.2, 0.25) is 0 Å². The molecule has 3 aromatic rings. The van der Waals surface area contributed by atoms with E-state index >= 15 is 0 Å². The number of carbonyl (C=O) groups is 1. The SMILES string of the molecule is Cn1c(C(=O)NCc2ccc(F)cc2)cc2ccncc21. The van der Waals surface area contributed by atoms with Crippen LogP contribution in [0, 0.1) is 5.82 Å². The Hall–Kier alpha value is -2.69. The third kappa shape index (κ3) is 2.63. The van der Waals surface area contributed by atoms with Crippen LogP contribution in [0.4, 0.5) is 4.39 Å². The van der Waals surface area contributed by atoms with E-state index in [4.69, 9.17) is 0 Å². The summed E-state index contributed by atoms with van der Waals surface area (Å²) in [7, 11) is 1.83. The van der Waals surface area contributed by atoms with Gasteiger partial charge in [-0.25, -0.2) is 4.39 Å². The second kappa shape index (κ2) is 5.36. The summed E-state index contributed by atoms with van der Waals surface area (Å²) in [6, 6.07) is 9.76. The number of halogens is 1. The maximum atomic E-state index is 12.8. The van der Waals surface area contributed by atoms with E-state index in [1.807, 2.05) is 23.7 Å². The molecule has 106 valence electrons. The third-order valence-corrected chi connectivity index (χ3v) is 3.45. The molecular formula is C16H14FN3O. The van der Waals surface area contributed by atoms with Gasteiger partial charge in [-0.2, -0.15) is 0 Å². The highest BCUT2D eigenvalue weighted by molar-refractivity contribution is 5.98. The molecule has 0 fully saturated rings. The van der Waals surface area contributed by atoms with Gasteiger partial charge in [-0.1, -0.05) is 12.1 Å². The number of rotatable bonds is 3. The number of hydrogen-bond acceptors (Lipinski definition) is 2. The molecule has 0 aliphatic carbocycles. The second-order valence-corrected chi connectivity index (χ2v) is 4.83. The minimum absolute atomic E-state index is 0.168. The molecule has 3 rings (SSSR count). The summed E-state index contributed by atoms with van der Waals surface area (Å²) >= 11 is 0. The average molecular weight is 283 g/mol. The first-order chi connectivity index (χ1) is 10.1. The summed E-state index contributed by atoms with van der Waals surface area (Å²) in [6.07, 6.45) is 3.43. The fraction of sp³-hybridized carbons (Fsp3) is 0.125. The first kappa shape index (κ1) is 13.3. The zero-order chi connectivity index (χ0) is 14.8. The molecule has 21 heavy (non-hydrogen) atoms. The predicted octanol–water partition coefficient (Wildman–Crippen LogP) is 2.64. The minimum Gasteiger partial charge on any atom is -0.347 e. The van der Waals surface area contributed by atoms with Crippen LogP contribution in [-0.2, 0) is 13.6 Å². The lowest BCUT2D eigenvalue weighted by Gasteiger charge is -2.06. The van der Waals surface area contributed by atoms with Crippen molar-refractivity contribution >= 4 is 16.8 Å². The summed E-state index contributed by atoms with van der Waals surface area (Å²) in [5.41, 5.74) is 2.33. The Morgan fingerprint density at radius 3 is 2.76 bits per heavy atom. The Balaban J connectivity index is 1.78. The van der Waals surface area contributed by atoms with Crippen LogP contribution >= 0.6 is 0 Å². The molecule has 5 heteroatoms. The van der Waals surface area contributed by atoms with Gasteiger partial charge in [0.15, 0.2) is 0 Å². The first-order valence-electron chi connectivity index (χ1n) is 6.57. The van der Waals surface area contributed by atoms with Gasteiger partial charge in [-0.3, -0.25) is 9.78 Å². The van der Waals surface area contributed by atoms with Crippen LogP contribution in [0.3, 0.4) is 0 Å². The van der Waals surface area contributed by atoms with Crippen molar-refractivity contribution in [2.45, 2.75) is 6.54 Å². The van der Waals surface area contributed by atoms with Crippen LogP contribution < -0.4 is 5.32 Å². The summed E-state index contributed by atoms with van der Waals surface area (Å²) in [4.78, 5) is 16.3. The Morgan fingerprint density at radius 2 is 2.05 bits per heavy atom. The fourth-order valence-electron chi connectivity index (χ4n) is 2.27. The molecule has 1 N–H and O–H groups in total. The average Bonchev–Trinajstić information content (AvgIpc) is 2.84. The standard InChI is InChI=1S/C16H14FN3O/c1-20-14(8-12-6-7-18-10-15(12)20)16(21)19-9-11-2-4-13(17)5-3-11/h2-8,10H,9H2,1H3,(H,19,21). The molecule has 0 aliphatic rings. The summed E-state index contributed by atoms with van der Waals surface area (Å²) in [6.45, 7) is 0.360. The number of amides is 1. The monoisotopic (exact) mass is 283 g/mol. The van der Waals surface area contributed by atoms with Gasteiger partial charge < -0.3 is 9.88 Å². The summed E-state index contributed by atoms with van der Waals surface area (Å²) in [5.74, 6) is -0.454. The minimum atomic E-state index is -0.286. The highest BCUT2D eigenvalue weighted by Crippen LogP contribution is 2.17. The van der Waals surface area contributed by atoms with Gasteiger partial charge in [0, 0.05) is 25.2 Å². The van der Waals surface area contributed by atoms with Gasteiger partial charge in [0.25, 0.3) is 5.91 Å². The summed E-state index contributed by atoms with van der Waals surface area (Å²) < 4.78 is 14.6. The van der Waals surface area contributed by atoms with E-state index in [0.717, 1.165) is 16.5 Å². The Kier molecular flexibility index (Phi) is 3.39. The number of pyridine rings is 1. The molecule has 1 amide bonds. The number of aryl methyl sites for hydroxylation is 1. The molecule has 0 unspecified atom stereocenters. The van der Waals surface area contributed by atoms with Gasteiger partial charge >= 0.3 is 0 Å². The zero-order valence-corrected chi connectivity index (χ0v) is 11.5. The van der Waals surface area contributed by atoms with Gasteiger partial charge in [-0.05, 0) is 29.8 Å². The highest BCUT2D eigenvalue weighted by Gasteiger charge is 2.12. The number of benzene rings is 1. The van der Waals surface area contributed by atoms with Crippen LogP contribution in [0.5, 0.6) is 0 Å². The number of hydrogen-bond donors (Lipinski definition) is 1. The smallest absolute Gasteiger partial charge is 0.268 e. The zero-order valence-electron chi connectivity index (χ0n) is 11.5. The van der Waals surface area contributed by atoms with Crippen molar-refractivity contribution < 1.29 is 9.18 Å². The molecule has 0 saturated carbocycles. The number of nitrogens with zero attached hydrogens (tertiary/aromatic N) is 2. The second-order valence-electron chi connectivity index (χ2n) is 4.83. The van der Waals surface area contributed by atoms with E-state index in [-0.39, 0.29) is 11.7 Å². The molecule has 4 nitrogen and oxygen atoms in total. The number of carbonyl (C=O) groups excluding carboxylic acids is 1. The maximum absolute atomic E-state index is 12.8. The fourth-order valence-corrected chi connectivity index (χ4v) is 2.27. The lowest BCUT2D eigenvalue weighted by molar-refractivity contribution is 0.0943. The topological polar surface area (TPSA) is 46.9 Å². The third-order valence-electron chi connectivity index (χ3n) is 3.45. The van der Waals surface area contributed by atoms with E-state index in [1.54, 1.807) is 24.5 Å². The molecule has 0 aliphatic heterocycles. The Morgan fingerprint density at radius 1 is 1.29 bits per heavy atom. The summed E-state index contributed by atoms with van der Waals surface area (Å²) in [5, 5.41) is 3.81. The van der Waals surface area contributed by atoms with E-state index in [1.165, 1.54) is 12.1 Å². The largest absolute Gasteiger partial charge is 0.347 e. The van der Waals surface area contributed by atoms with E-state index in [2.05, 4.69) is 10.3 Å². The molecule has 1 aromatic carbocycles. The first-order valence-corrected chi connectivity index (χ1v) is 6.57. The number of nitrogens with one attached hydrogen (secondary N) is 1. The van der Waals surface area contributed by atoms with Crippen molar-refractivity contribution in [3.8, 4) is 0 Å². The van der Waals surface area contributed by atoms with Crippen LogP contribution in [0.25, 0.3) is 10.9 Å². The molecule has 0 spiro atoms. The molecular weight excluding hydrogens is 269 g/mol. The Bertz CT molecular complexity index is 793. The molecule has 0 atom stereocenters. The van der Waals surface area contributed by atoms with Crippen molar-refractivity contribution in [1.82, 2.24) is 14.9 Å². The normalized spacial score (nSPS) is 10.8. The molecule has 0 saturated heterocycles. The van der Waals surface area contributed by atoms with E-state index < -0.39 is 0 Å². The predicted molar refractivity (Wildman–Crippen MR) is 78.3 cm³/mol. The molecule has 2 aromatic heterocycles. The van der Waals surface area contributed by atoms with Crippen LogP contribution in [0.1, 0.15) is 16.1 Å². The van der Waals surface area contributed by atoms with Gasteiger partial charge in [0.05, 0.1) is 11.7 Å². The Labute approximate surface area is 121 Å². The quantitative estimate of drug-likeness (QED) is 0.803. The van der Waals surface area contributed by atoms with Crippen molar-refractivity contribution in [1.29, 1.82) is 0 Å². The maximum Gasteiger partial charge on any atom is 0.268 e. The van der Waals surface area contributed by atoms with Crippen LogP contribution in [-0.4, -0.2) is 15.5 Å². The number of aromatic nitrogens is 2.